The fourth-order valence-electron chi connectivity index (χ4n) is 2.73. The van der Waals surface area contributed by atoms with E-state index in [0.717, 1.165) is 11.3 Å². The molecule has 0 spiro atoms. The zero-order chi connectivity index (χ0) is 28.9. The van der Waals surface area contributed by atoms with Gasteiger partial charge < -0.3 is 24.9 Å². The van der Waals surface area contributed by atoms with Gasteiger partial charge in [-0.3, -0.25) is 14.9 Å². The number of amides is 3. The third-order valence-electron chi connectivity index (χ3n) is 4.47. The highest BCUT2D eigenvalue weighted by Crippen LogP contribution is 2.21. The van der Waals surface area contributed by atoms with E-state index in [1.165, 1.54) is 19.2 Å². The maximum absolute atomic E-state index is 13.2. The van der Waals surface area contributed by atoms with Crippen molar-refractivity contribution in [3.8, 4) is 0 Å². The van der Waals surface area contributed by atoms with Crippen LogP contribution >= 0.6 is 11.3 Å². The number of carbonyl (C=O) groups excluding carboxylic acids is 4. The molecule has 1 fully saturated rings. The number of hydrogen-bond donors (Lipinski definition) is 3. The molecule has 0 unspecified atom stereocenters. The summed E-state index contributed by atoms with van der Waals surface area (Å²) in [5.41, 5.74) is 5.02. The number of esters is 1. The Hall–Kier alpha value is -3.91. The minimum Gasteiger partial charge on any atom is -0.457 e. The monoisotopic (exact) mass is 552 g/mol. The van der Waals surface area contributed by atoms with Gasteiger partial charge in [-0.1, -0.05) is 10.3 Å². The number of aromatic nitrogens is 1. The summed E-state index contributed by atoms with van der Waals surface area (Å²) >= 11 is 0.982. The zero-order valence-electron chi connectivity index (χ0n) is 22.4. The van der Waals surface area contributed by atoms with E-state index in [1.54, 1.807) is 41.5 Å². The summed E-state index contributed by atoms with van der Waals surface area (Å²) in [6, 6.07) is -1.63. The molecule has 1 aliphatic heterocycles. The van der Waals surface area contributed by atoms with Crippen molar-refractivity contribution >= 4 is 46.1 Å². The van der Waals surface area contributed by atoms with E-state index < -0.39 is 52.8 Å². The third kappa shape index (κ3) is 8.88. The Balaban J connectivity index is 2.31. The van der Waals surface area contributed by atoms with E-state index in [-0.39, 0.29) is 23.1 Å². The number of nitrogens with zero attached hydrogens (tertiary/aromatic N) is 5. The van der Waals surface area contributed by atoms with Gasteiger partial charge in [-0.2, -0.15) is 0 Å². The van der Waals surface area contributed by atoms with E-state index >= 15 is 0 Å². The number of nitrogens with one attached hydrogen (secondary N) is 3. The van der Waals surface area contributed by atoms with E-state index in [2.05, 4.69) is 36.1 Å². The van der Waals surface area contributed by atoms with Gasteiger partial charge in [0.15, 0.2) is 10.8 Å². The second-order valence-electron chi connectivity index (χ2n) is 10.7. The fraction of sp³-hybridized carbons (Fsp3) is 0.636. The fourth-order valence-corrected chi connectivity index (χ4v) is 3.41. The van der Waals surface area contributed by atoms with Crippen molar-refractivity contribution in [3.63, 3.8) is 0 Å². The van der Waals surface area contributed by atoms with Crippen molar-refractivity contribution in [2.45, 2.75) is 84.3 Å². The summed E-state index contributed by atoms with van der Waals surface area (Å²) in [6.45, 7) is 12.9. The predicted molar refractivity (Wildman–Crippen MR) is 137 cm³/mol. The average molecular weight is 553 g/mol. The summed E-state index contributed by atoms with van der Waals surface area (Å²) in [4.78, 5) is 62.1. The number of rotatable bonds is 9. The van der Waals surface area contributed by atoms with Crippen molar-refractivity contribution in [3.05, 3.63) is 21.5 Å². The van der Waals surface area contributed by atoms with Crippen LogP contribution in [0, 0.1) is 0 Å². The molecule has 1 saturated heterocycles. The van der Waals surface area contributed by atoms with Crippen LogP contribution in [-0.4, -0.2) is 70.0 Å². The van der Waals surface area contributed by atoms with Crippen LogP contribution in [0.5, 0.6) is 0 Å². The highest BCUT2D eigenvalue weighted by Gasteiger charge is 2.41. The second kappa shape index (κ2) is 11.6. The number of β-lactam (4-membered cyclic amide) rings is 1. The molecule has 0 aromatic carbocycles. The standard InChI is InChI=1S/C22H32N8O7S/c1-20(2,3)35-17(33)22(7,8)37-29-14(16(32)27-13-11(9-24-30-23)25-15(13)31)12-10-38-18(26-12)28-19(34)36-21(4,5)6/h10-11,13H,9H2,1-8H3,(H,25,31)(H,27,32)(H,26,28,34)/b29-14+/t11-,13+/m1/s1. The molecule has 3 amide bonds. The number of azide groups is 1. The Morgan fingerprint density at radius 1 is 1.13 bits per heavy atom. The molecule has 1 aromatic rings. The molecule has 0 radical (unpaired) electrons. The van der Waals surface area contributed by atoms with E-state index in [1.807, 2.05) is 0 Å². The van der Waals surface area contributed by atoms with Crippen molar-refractivity contribution in [1.82, 2.24) is 15.6 Å². The molecule has 2 rings (SSSR count). The molecule has 0 aliphatic carbocycles. The molecule has 0 saturated carbocycles. The topological polar surface area (TPSA) is 206 Å². The van der Waals surface area contributed by atoms with Gasteiger partial charge in [0.2, 0.25) is 11.5 Å². The Kier molecular flexibility index (Phi) is 9.29. The minimum atomic E-state index is -1.59. The highest BCUT2D eigenvalue weighted by molar-refractivity contribution is 7.14. The number of carbonyl (C=O) groups is 4. The smallest absolute Gasteiger partial charge is 0.413 e. The van der Waals surface area contributed by atoms with Gasteiger partial charge >= 0.3 is 12.1 Å². The SMILES string of the molecule is CC(C)(C)OC(=O)Nc1nc(/C(=N\OC(C)(C)C(=O)OC(C)(C)C)C(=O)N[C@@H]2C(=O)N[C@@H]2CN=[N+]=[N-])cs1. The van der Waals surface area contributed by atoms with Gasteiger partial charge in [0.1, 0.15) is 22.9 Å². The molecule has 15 nitrogen and oxygen atoms in total. The summed E-state index contributed by atoms with van der Waals surface area (Å²) in [5.74, 6) is -2.08. The van der Waals surface area contributed by atoms with Crippen molar-refractivity contribution in [2.24, 2.45) is 10.3 Å². The largest absolute Gasteiger partial charge is 0.457 e. The normalized spacial score (nSPS) is 17.8. The Labute approximate surface area is 223 Å². The number of thiazole rings is 1. The highest BCUT2D eigenvalue weighted by atomic mass is 32.1. The van der Waals surface area contributed by atoms with E-state index in [4.69, 9.17) is 19.8 Å². The molecular weight excluding hydrogens is 520 g/mol. The van der Waals surface area contributed by atoms with Gasteiger partial charge in [0.25, 0.3) is 5.91 Å². The lowest BCUT2D eigenvalue weighted by molar-refractivity contribution is -0.179. The predicted octanol–water partition coefficient (Wildman–Crippen LogP) is 2.62. The average Bonchev–Trinajstić information content (AvgIpc) is 3.20. The van der Waals surface area contributed by atoms with Crippen LogP contribution in [-0.2, 0) is 28.7 Å². The lowest BCUT2D eigenvalue weighted by Crippen LogP contribution is -2.70. The minimum absolute atomic E-state index is 0.00938. The summed E-state index contributed by atoms with van der Waals surface area (Å²) < 4.78 is 10.5. The zero-order valence-corrected chi connectivity index (χ0v) is 23.3. The van der Waals surface area contributed by atoms with E-state index in [0.29, 0.717) is 0 Å². The summed E-state index contributed by atoms with van der Waals surface area (Å²) in [6.07, 6.45) is -0.754. The molecule has 2 atom stereocenters. The van der Waals surface area contributed by atoms with Crippen LogP contribution in [0.15, 0.2) is 15.7 Å². The Morgan fingerprint density at radius 3 is 2.32 bits per heavy atom. The second-order valence-corrected chi connectivity index (χ2v) is 11.5. The molecule has 1 aliphatic rings. The van der Waals surface area contributed by atoms with Crippen LogP contribution in [0.3, 0.4) is 0 Å². The number of ether oxygens (including phenoxy) is 2. The van der Waals surface area contributed by atoms with Crippen LogP contribution < -0.4 is 16.0 Å². The van der Waals surface area contributed by atoms with Crippen molar-refractivity contribution in [1.29, 1.82) is 0 Å². The Bertz CT molecular complexity index is 1160. The first-order valence-electron chi connectivity index (χ1n) is 11.5. The van der Waals surface area contributed by atoms with Crippen LogP contribution in [0.25, 0.3) is 10.4 Å². The summed E-state index contributed by atoms with van der Waals surface area (Å²) in [5, 5.41) is 16.3. The van der Waals surface area contributed by atoms with Gasteiger partial charge in [-0.05, 0) is 60.9 Å². The lowest BCUT2D eigenvalue weighted by Gasteiger charge is -2.36. The summed E-state index contributed by atoms with van der Waals surface area (Å²) in [7, 11) is 0. The molecular formula is C22H32N8O7S. The number of oxime groups is 1. The number of anilines is 1. The van der Waals surface area contributed by atoms with Crippen LogP contribution in [0.4, 0.5) is 9.93 Å². The molecule has 208 valence electrons. The first-order chi connectivity index (χ1) is 17.4. The molecule has 16 heteroatoms. The molecule has 3 N–H and O–H groups in total. The van der Waals surface area contributed by atoms with Gasteiger partial charge in [0.05, 0.1) is 6.04 Å². The lowest BCUT2D eigenvalue weighted by atomic mass is 9.99. The molecule has 0 bridgehead atoms. The van der Waals surface area contributed by atoms with Crippen molar-refractivity contribution < 1.29 is 33.5 Å². The van der Waals surface area contributed by atoms with Gasteiger partial charge in [0, 0.05) is 16.8 Å². The molecule has 1 aromatic heterocycles. The van der Waals surface area contributed by atoms with Gasteiger partial charge in [-0.25, -0.2) is 14.6 Å². The van der Waals surface area contributed by atoms with Gasteiger partial charge in [-0.15, -0.1) is 11.3 Å². The number of hydrogen-bond acceptors (Lipinski definition) is 11. The first-order valence-corrected chi connectivity index (χ1v) is 12.4. The first kappa shape index (κ1) is 30.3. The van der Waals surface area contributed by atoms with E-state index in [9.17, 15) is 19.2 Å². The maximum Gasteiger partial charge on any atom is 0.413 e. The Morgan fingerprint density at radius 2 is 1.76 bits per heavy atom. The molecule has 2 heterocycles. The third-order valence-corrected chi connectivity index (χ3v) is 5.22. The van der Waals surface area contributed by atoms with Crippen molar-refractivity contribution in [2.75, 3.05) is 11.9 Å². The molecule has 38 heavy (non-hydrogen) atoms. The van der Waals surface area contributed by atoms with Crippen LogP contribution in [0.2, 0.25) is 0 Å². The van der Waals surface area contributed by atoms with Crippen LogP contribution in [0.1, 0.15) is 61.1 Å². The quantitative estimate of drug-likeness (QED) is 0.0787. The maximum atomic E-state index is 13.2.